The molecular formula is C42H49N3O11. The largest absolute Gasteiger partial charge is 0.497 e. The van der Waals surface area contributed by atoms with Crippen molar-refractivity contribution < 1.29 is 53.7 Å². The second-order valence-electron chi connectivity index (χ2n) is 13.4. The van der Waals surface area contributed by atoms with Gasteiger partial charge in [0.05, 0.1) is 72.2 Å². The van der Waals surface area contributed by atoms with Gasteiger partial charge in [-0.2, -0.15) is 0 Å². The minimum absolute atomic E-state index is 0.204. The Balaban J connectivity index is 0.966. The number of unbranched alkanes of at least 4 members (excludes halogenated alkanes) is 3. The molecule has 0 aromatic heterocycles. The highest BCUT2D eigenvalue weighted by atomic mass is 16.6. The van der Waals surface area contributed by atoms with Crippen LogP contribution in [0.4, 0.5) is 5.69 Å². The van der Waals surface area contributed by atoms with Crippen LogP contribution in [-0.4, -0.2) is 66.6 Å². The molecule has 2 aliphatic heterocycles. The topological polar surface area (TPSA) is 190 Å². The van der Waals surface area contributed by atoms with Crippen molar-refractivity contribution >= 4 is 17.3 Å². The van der Waals surface area contributed by atoms with Crippen molar-refractivity contribution in [3.8, 4) is 28.7 Å². The number of hydrogen-bond donors (Lipinski definition) is 6. The zero-order valence-electron chi connectivity index (χ0n) is 31.8. The third-order valence-corrected chi connectivity index (χ3v) is 9.97. The minimum atomic E-state index is -0.459. The molecule has 2 heterocycles. The summed E-state index contributed by atoms with van der Waals surface area (Å²) in [5, 5.41) is 50.1. The Hall–Kier alpha value is -5.54. The van der Waals surface area contributed by atoms with Crippen molar-refractivity contribution in [1.82, 2.24) is 5.32 Å². The summed E-state index contributed by atoms with van der Waals surface area (Å²) < 4.78 is 28.8. The summed E-state index contributed by atoms with van der Waals surface area (Å²) in [4.78, 5) is 18.6. The molecule has 6 rings (SSSR count). The monoisotopic (exact) mass is 771 g/mol. The number of nitrogens with one attached hydrogen (secondary N) is 2. The first-order chi connectivity index (χ1) is 27.3. The van der Waals surface area contributed by atoms with Gasteiger partial charge in [-0.15, -0.1) is 0 Å². The smallest absolute Gasteiger partial charge is 0.255 e. The summed E-state index contributed by atoms with van der Waals surface area (Å²) in [5.74, 6) is 2.47. The lowest BCUT2D eigenvalue weighted by atomic mass is 9.93. The maximum atomic E-state index is 12.8. The third-order valence-electron chi connectivity index (χ3n) is 9.97. The molecule has 2 aliphatic rings. The van der Waals surface area contributed by atoms with Crippen LogP contribution in [-0.2, 0) is 31.3 Å². The Morgan fingerprint density at radius 3 is 1.98 bits per heavy atom. The average molecular weight is 772 g/mol. The van der Waals surface area contributed by atoms with Gasteiger partial charge in [-0.3, -0.25) is 4.79 Å². The minimum Gasteiger partial charge on any atom is -0.497 e. The molecule has 298 valence electrons. The summed E-state index contributed by atoms with van der Waals surface area (Å²) in [6.45, 7) is -0.116. The van der Waals surface area contributed by atoms with Crippen LogP contribution in [0.25, 0.3) is 0 Å². The first-order valence-electron chi connectivity index (χ1n) is 18.5. The van der Waals surface area contributed by atoms with Gasteiger partial charge >= 0.3 is 0 Å². The van der Waals surface area contributed by atoms with Crippen molar-refractivity contribution in [2.75, 3.05) is 39.9 Å². The molecule has 4 aromatic carbocycles. The summed E-state index contributed by atoms with van der Waals surface area (Å²) >= 11 is 0. The molecule has 4 aromatic rings. The fraction of sp³-hybridized carbons (Fsp3) is 0.381. The number of carbonyl (C=O) groups is 1. The van der Waals surface area contributed by atoms with Crippen LogP contribution < -0.4 is 34.3 Å². The highest BCUT2D eigenvalue weighted by Crippen LogP contribution is 2.41. The van der Waals surface area contributed by atoms with Gasteiger partial charge in [0, 0.05) is 23.2 Å². The van der Waals surface area contributed by atoms with Gasteiger partial charge in [0.2, 0.25) is 5.75 Å². The van der Waals surface area contributed by atoms with E-state index in [0.717, 1.165) is 42.4 Å². The van der Waals surface area contributed by atoms with E-state index < -0.39 is 12.3 Å². The predicted octanol–water partition coefficient (Wildman–Crippen LogP) is 5.42. The predicted molar refractivity (Wildman–Crippen MR) is 207 cm³/mol. The number of anilines is 1. The number of hydrogen-bond acceptors (Lipinski definition) is 13. The number of amides is 1. The van der Waals surface area contributed by atoms with E-state index in [-0.39, 0.29) is 32.3 Å². The van der Waals surface area contributed by atoms with E-state index >= 15 is 0 Å². The Labute approximate surface area is 325 Å². The molecule has 0 radical (unpaired) electrons. The Morgan fingerprint density at radius 2 is 1.36 bits per heavy atom. The number of carbonyl (C=O) groups excluding carboxylic acids is 1. The van der Waals surface area contributed by atoms with E-state index in [2.05, 4.69) is 15.8 Å². The van der Waals surface area contributed by atoms with Crippen LogP contribution in [0.2, 0.25) is 0 Å². The molecule has 0 bridgehead atoms. The molecule has 2 unspecified atom stereocenters. The van der Waals surface area contributed by atoms with Gasteiger partial charge in [0.25, 0.3) is 5.91 Å². The maximum Gasteiger partial charge on any atom is 0.255 e. The van der Waals surface area contributed by atoms with E-state index in [1.807, 2.05) is 36.4 Å². The van der Waals surface area contributed by atoms with Crippen LogP contribution in [0.5, 0.6) is 28.7 Å². The van der Waals surface area contributed by atoms with Crippen LogP contribution in [0.1, 0.15) is 93.7 Å². The normalized spacial score (nSPS) is 15.9. The molecule has 0 fully saturated rings. The third kappa shape index (κ3) is 8.95. The second kappa shape index (κ2) is 18.9. The van der Waals surface area contributed by atoms with Crippen molar-refractivity contribution in [3.05, 3.63) is 105 Å². The number of methoxy groups -OCH3 is 3. The van der Waals surface area contributed by atoms with E-state index in [4.69, 9.17) is 28.5 Å². The maximum absolute atomic E-state index is 12.8. The molecule has 0 saturated heterocycles. The molecule has 2 atom stereocenters. The first-order valence-corrected chi connectivity index (χ1v) is 18.5. The summed E-state index contributed by atoms with van der Waals surface area (Å²) in [5.41, 5.74) is 6.37. The number of benzene rings is 4. The molecule has 0 spiro atoms. The van der Waals surface area contributed by atoms with Crippen molar-refractivity contribution in [3.63, 3.8) is 0 Å². The molecule has 56 heavy (non-hydrogen) atoms. The molecule has 6 N–H and O–H groups in total. The number of ether oxygens (including phenoxy) is 5. The Kier molecular flexibility index (Phi) is 13.5. The van der Waals surface area contributed by atoms with Gasteiger partial charge in [0.15, 0.2) is 17.6 Å². The Morgan fingerprint density at radius 1 is 0.696 bits per heavy atom. The number of rotatable bonds is 19. The fourth-order valence-corrected chi connectivity index (χ4v) is 6.90. The van der Waals surface area contributed by atoms with E-state index in [1.54, 1.807) is 45.6 Å². The van der Waals surface area contributed by atoms with Crippen LogP contribution in [0.15, 0.2) is 65.8 Å². The van der Waals surface area contributed by atoms with Gasteiger partial charge in [-0.1, -0.05) is 11.2 Å². The number of aliphatic hydroxyl groups excluding tert-OH is 4. The lowest BCUT2D eigenvalue weighted by molar-refractivity contribution is 0.0853. The quantitative estimate of drug-likeness (QED) is 0.0666. The molecule has 1 amide bonds. The van der Waals surface area contributed by atoms with E-state index in [9.17, 15) is 25.2 Å². The van der Waals surface area contributed by atoms with E-state index in [0.29, 0.717) is 87.6 Å². The zero-order chi connectivity index (χ0) is 39.6. The van der Waals surface area contributed by atoms with Gasteiger partial charge in [-0.25, -0.2) is 0 Å². The molecular weight excluding hydrogens is 722 g/mol. The van der Waals surface area contributed by atoms with Gasteiger partial charge in [0.1, 0.15) is 17.7 Å². The van der Waals surface area contributed by atoms with Crippen LogP contribution in [0.3, 0.4) is 0 Å². The highest BCUT2D eigenvalue weighted by Gasteiger charge is 2.28. The number of oxime groups is 1. The van der Waals surface area contributed by atoms with Crippen molar-refractivity contribution in [1.29, 1.82) is 0 Å². The zero-order valence-corrected chi connectivity index (χ0v) is 31.8. The SMILES string of the molecule is COc1ccc2c(c1)C(=O)NC(c1ccc(OCCCCCCOc3c(OC)cc(C4=NOC(c5cc(CO)c(CO)c(CO)c5)C4)cc3OC)c(CO)c1)N2. The molecule has 0 saturated carbocycles. The number of aliphatic hydroxyl groups is 4. The average Bonchev–Trinajstić information content (AvgIpc) is 3.74. The lowest BCUT2D eigenvalue weighted by Crippen LogP contribution is -2.38. The highest BCUT2D eigenvalue weighted by molar-refractivity contribution is 6.03. The molecule has 14 heteroatoms. The second-order valence-corrected chi connectivity index (χ2v) is 13.4. The summed E-state index contributed by atoms with van der Waals surface area (Å²) in [6.07, 6.45) is 2.96. The van der Waals surface area contributed by atoms with Gasteiger partial charge < -0.3 is 59.6 Å². The van der Waals surface area contributed by atoms with Crippen molar-refractivity contribution in [2.24, 2.45) is 5.16 Å². The van der Waals surface area contributed by atoms with Crippen molar-refractivity contribution in [2.45, 2.75) is 70.8 Å². The summed E-state index contributed by atoms with van der Waals surface area (Å²) in [6, 6.07) is 18.0. The van der Waals surface area contributed by atoms with E-state index in [1.165, 1.54) is 0 Å². The molecule has 0 aliphatic carbocycles. The summed E-state index contributed by atoms with van der Waals surface area (Å²) in [7, 11) is 4.68. The standard InChI is InChI=1S/C42H49N3O11/c1-51-31-9-10-34-32(19-31)42(50)44-41(43-34)25-8-11-36(30(14-25)23-48)54-12-6-4-5-7-13-55-40-38(52-2)17-26(18-39(40)53-3)35-20-37(56-45-35)27-15-28(21-46)33(24-49)29(16-27)22-47/h8-11,14-19,37,41,43,46-49H,4-7,12-13,20-24H2,1-3H3,(H,44,50). The number of fused-ring (bicyclic) bond motifs is 1. The number of nitrogens with zero attached hydrogens (tertiary/aromatic N) is 1. The first kappa shape index (κ1) is 40.1. The van der Waals surface area contributed by atoms with Crippen LogP contribution >= 0.6 is 0 Å². The fourth-order valence-electron chi connectivity index (χ4n) is 6.90. The van der Waals surface area contributed by atoms with Gasteiger partial charge in [-0.05, 0) is 108 Å². The lowest BCUT2D eigenvalue weighted by Gasteiger charge is -2.29. The Bertz CT molecular complexity index is 1990. The van der Waals surface area contributed by atoms with Crippen LogP contribution in [0, 0.1) is 0 Å². The molecule has 14 nitrogen and oxygen atoms in total.